The van der Waals surface area contributed by atoms with Crippen molar-refractivity contribution in [2.75, 3.05) is 13.2 Å². The fraction of sp³-hybridized carbons (Fsp3) is 0.481. The number of hydrogen-bond acceptors (Lipinski definition) is 8. The maximum absolute atomic E-state index is 12.8. The number of carbonyl (C=O) groups excluding carboxylic acids is 2. The van der Waals surface area contributed by atoms with Gasteiger partial charge in [0.25, 0.3) is 11.8 Å². The van der Waals surface area contributed by atoms with Crippen LogP contribution in [0.2, 0.25) is 0 Å². The SMILES string of the molecule is CC[C@H]1O[C@@H](n2ccc(-n3cncn3)nc2=O)C(OCCCCCCN2C(=O)c3ccccc3C2=O)[C@H]1C. The summed E-state index contributed by atoms with van der Waals surface area (Å²) in [6, 6.07) is 8.66. The van der Waals surface area contributed by atoms with Crippen LogP contribution in [0.5, 0.6) is 0 Å². The predicted molar refractivity (Wildman–Crippen MR) is 137 cm³/mol. The molecule has 2 aromatic heterocycles. The van der Waals surface area contributed by atoms with Crippen LogP contribution in [-0.4, -0.2) is 66.4 Å². The van der Waals surface area contributed by atoms with Crippen LogP contribution in [0, 0.1) is 5.92 Å². The summed E-state index contributed by atoms with van der Waals surface area (Å²) in [7, 11) is 0. The summed E-state index contributed by atoms with van der Waals surface area (Å²) in [6.45, 7) is 5.09. The normalized spacial score (nSPS) is 22.8. The highest BCUT2D eigenvalue weighted by atomic mass is 16.6. The first kappa shape index (κ1) is 25.9. The van der Waals surface area contributed by atoms with Crippen molar-refractivity contribution in [2.24, 2.45) is 5.92 Å². The molecule has 11 nitrogen and oxygen atoms in total. The fourth-order valence-corrected chi connectivity index (χ4v) is 5.22. The standard InChI is InChI=1S/C27H32N6O5/c1-3-21-18(2)23(26(38-21)32-14-12-22(30-27(32)36)33-17-28-16-29-33)37-15-9-5-4-8-13-31-24(34)19-10-6-7-11-20(19)25(31)35/h6-7,10-12,14,16-18,21,23,26H,3-5,8-9,13,15H2,1-2H3/t18-,21+,23?,26+/m0/s1. The maximum atomic E-state index is 12.8. The highest BCUT2D eigenvalue weighted by Crippen LogP contribution is 2.37. The van der Waals surface area contributed by atoms with Crippen LogP contribution >= 0.6 is 0 Å². The van der Waals surface area contributed by atoms with E-state index < -0.39 is 11.9 Å². The van der Waals surface area contributed by atoms with Crippen LogP contribution < -0.4 is 5.69 Å². The third-order valence-corrected chi connectivity index (χ3v) is 7.31. The van der Waals surface area contributed by atoms with Crippen LogP contribution in [0.4, 0.5) is 0 Å². The van der Waals surface area contributed by atoms with Crippen molar-refractivity contribution < 1.29 is 19.1 Å². The molecule has 2 aliphatic rings. The van der Waals surface area contributed by atoms with Crippen molar-refractivity contribution in [3.05, 3.63) is 70.8 Å². The van der Waals surface area contributed by atoms with Gasteiger partial charge >= 0.3 is 5.69 Å². The van der Waals surface area contributed by atoms with E-state index in [9.17, 15) is 14.4 Å². The van der Waals surface area contributed by atoms with Gasteiger partial charge in [0, 0.05) is 25.3 Å². The van der Waals surface area contributed by atoms with Gasteiger partial charge in [-0.05, 0) is 37.5 Å². The van der Waals surface area contributed by atoms with Crippen molar-refractivity contribution >= 4 is 11.8 Å². The van der Waals surface area contributed by atoms with Crippen molar-refractivity contribution in [3.8, 4) is 5.82 Å². The molecule has 4 atom stereocenters. The lowest BCUT2D eigenvalue weighted by Crippen LogP contribution is -2.35. The lowest BCUT2D eigenvalue weighted by molar-refractivity contribution is -0.0671. The second-order valence-electron chi connectivity index (χ2n) is 9.71. The van der Waals surface area contributed by atoms with E-state index in [4.69, 9.17) is 9.47 Å². The van der Waals surface area contributed by atoms with E-state index in [1.165, 1.54) is 26.8 Å². The Balaban J connectivity index is 1.11. The van der Waals surface area contributed by atoms with Crippen molar-refractivity contribution in [2.45, 2.75) is 64.4 Å². The molecule has 0 saturated carbocycles. The van der Waals surface area contributed by atoms with Gasteiger partial charge in [0.1, 0.15) is 18.8 Å². The minimum Gasteiger partial charge on any atom is -0.373 e. The van der Waals surface area contributed by atoms with E-state index in [-0.39, 0.29) is 29.9 Å². The molecule has 1 fully saturated rings. The number of rotatable bonds is 11. The molecule has 3 aromatic rings. The number of ether oxygens (including phenoxy) is 2. The summed E-state index contributed by atoms with van der Waals surface area (Å²) in [6.07, 6.45) is 7.83. The number of fused-ring (bicyclic) bond motifs is 1. The van der Waals surface area contributed by atoms with E-state index in [2.05, 4.69) is 28.9 Å². The molecule has 0 bridgehead atoms. The zero-order valence-corrected chi connectivity index (χ0v) is 21.6. The quantitative estimate of drug-likeness (QED) is 0.279. The molecule has 1 unspecified atom stereocenters. The number of hydrogen-bond donors (Lipinski definition) is 0. The van der Waals surface area contributed by atoms with E-state index in [0.717, 1.165) is 32.1 Å². The van der Waals surface area contributed by atoms with Crippen LogP contribution in [0.3, 0.4) is 0 Å². The highest BCUT2D eigenvalue weighted by Gasteiger charge is 2.43. The molecule has 200 valence electrons. The number of carbonyl (C=O) groups is 2. The van der Waals surface area contributed by atoms with Gasteiger partial charge in [0.05, 0.1) is 17.2 Å². The Labute approximate surface area is 220 Å². The molecular weight excluding hydrogens is 488 g/mol. The van der Waals surface area contributed by atoms with Crippen molar-refractivity contribution in [1.29, 1.82) is 0 Å². The van der Waals surface area contributed by atoms with Crippen LogP contribution in [0.1, 0.15) is 72.9 Å². The molecule has 0 spiro atoms. The van der Waals surface area contributed by atoms with Crippen molar-refractivity contribution in [1.82, 2.24) is 29.2 Å². The predicted octanol–water partition coefficient (Wildman–Crippen LogP) is 3.01. The Bertz CT molecular complexity index is 1300. The third-order valence-electron chi connectivity index (χ3n) is 7.31. The number of imide groups is 1. The monoisotopic (exact) mass is 520 g/mol. The number of benzene rings is 1. The molecule has 0 N–H and O–H groups in total. The number of aromatic nitrogens is 5. The van der Waals surface area contributed by atoms with Gasteiger partial charge in [-0.2, -0.15) is 10.1 Å². The highest BCUT2D eigenvalue weighted by molar-refractivity contribution is 6.21. The number of amides is 2. The first-order valence-electron chi connectivity index (χ1n) is 13.2. The zero-order chi connectivity index (χ0) is 26.6. The molecule has 11 heteroatoms. The number of unbranched alkanes of at least 4 members (excludes halogenated alkanes) is 3. The summed E-state index contributed by atoms with van der Waals surface area (Å²) < 4.78 is 15.4. The average molecular weight is 521 g/mol. The maximum Gasteiger partial charge on any atom is 0.351 e. The summed E-state index contributed by atoms with van der Waals surface area (Å²) in [5, 5.41) is 4.02. The van der Waals surface area contributed by atoms with Crippen LogP contribution in [0.25, 0.3) is 5.82 Å². The molecular formula is C27H32N6O5. The minimum absolute atomic E-state index is 0.0217. The summed E-state index contributed by atoms with van der Waals surface area (Å²) in [4.78, 5) is 47.2. The topological polar surface area (TPSA) is 121 Å². The minimum atomic E-state index is -0.562. The van der Waals surface area contributed by atoms with Gasteiger partial charge in [-0.25, -0.2) is 14.5 Å². The first-order valence-corrected chi connectivity index (χ1v) is 13.2. The first-order chi connectivity index (χ1) is 18.5. The van der Waals surface area contributed by atoms with Crippen molar-refractivity contribution in [3.63, 3.8) is 0 Å². The Morgan fingerprint density at radius 1 is 1.00 bits per heavy atom. The Kier molecular flexibility index (Phi) is 7.75. The van der Waals surface area contributed by atoms with Gasteiger partial charge in [-0.1, -0.05) is 38.8 Å². The second kappa shape index (κ2) is 11.4. The van der Waals surface area contributed by atoms with Gasteiger partial charge < -0.3 is 9.47 Å². The summed E-state index contributed by atoms with van der Waals surface area (Å²) in [5.41, 5.74) is 0.538. The third kappa shape index (κ3) is 5.03. The van der Waals surface area contributed by atoms with Gasteiger partial charge in [-0.15, -0.1) is 0 Å². The van der Waals surface area contributed by atoms with E-state index in [1.807, 2.05) is 0 Å². The van der Waals surface area contributed by atoms with Gasteiger partial charge in [-0.3, -0.25) is 19.1 Å². The second-order valence-corrected chi connectivity index (χ2v) is 9.71. The molecule has 2 amide bonds. The Morgan fingerprint density at radius 3 is 2.39 bits per heavy atom. The van der Waals surface area contributed by atoms with E-state index in [0.29, 0.717) is 30.1 Å². The molecule has 4 heterocycles. The smallest absolute Gasteiger partial charge is 0.351 e. The Hall–Kier alpha value is -3.70. The average Bonchev–Trinajstić information content (AvgIpc) is 3.63. The van der Waals surface area contributed by atoms with E-state index >= 15 is 0 Å². The van der Waals surface area contributed by atoms with Crippen LogP contribution in [0.15, 0.2) is 54.0 Å². The molecule has 2 aliphatic heterocycles. The molecule has 38 heavy (non-hydrogen) atoms. The van der Waals surface area contributed by atoms with Gasteiger partial charge in [0.2, 0.25) is 0 Å². The van der Waals surface area contributed by atoms with E-state index in [1.54, 1.807) is 36.5 Å². The van der Waals surface area contributed by atoms with Gasteiger partial charge in [0.15, 0.2) is 12.0 Å². The largest absolute Gasteiger partial charge is 0.373 e. The number of nitrogens with zero attached hydrogens (tertiary/aromatic N) is 6. The molecule has 0 radical (unpaired) electrons. The molecule has 5 rings (SSSR count). The van der Waals surface area contributed by atoms with Crippen LogP contribution in [-0.2, 0) is 9.47 Å². The molecule has 0 aliphatic carbocycles. The Morgan fingerprint density at radius 2 is 1.74 bits per heavy atom. The molecule has 1 saturated heterocycles. The lowest BCUT2D eigenvalue weighted by Gasteiger charge is -2.23. The zero-order valence-electron chi connectivity index (χ0n) is 21.6. The summed E-state index contributed by atoms with van der Waals surface area (Å²) >= 11 is 0. The fourth-order valence-electron chi connectivity index (χ4n) is 5.22. The molecule has 1 aromatic carbocycles. The lowest BCUT2D eigenvalue weighted by atomic mass is 9.98. The summed E-state index contributed by atoms with van der Waals surface area (Å²) in [5.74, 6) is 0.0840.